The molecule has 1 N–H and O–H groups in total. The van der Waals surface area contributed by atoms with Crippen molar-refractivity contribution in [3.8, 4) is 5.75 Å². The van der Waals surface area contributed by atoms with Gasteiger partial charge in [0.2, 0.25) is 5.91 Å². The highest BCUT2D eigenvalue weighted by Crippen LogP contribution is 2.38. The minimum absolute atomic E-state index is 0.203. The molecular weight excluding hydrogens is 388 g/mol. The molecule has 2 aromatic heterocycles. The number of amides is 1. The maximum atomic E-state index is 12.9. The summed E-state index contributed by atoms with van der Waals surface area (Å²) in [5, 5.41) is 4.94. The van der Waals surface area contributed by atoms with E-state index < -0.39 is 0 Å². The minimum Gasteiger partial charge on any atom is -0.496 e. The average Bonchev–Trinajstić information content (AvgIpc) is 3.02. The highest BCUT2D eigenvalue weighted by Gasteiger charge is 2.18. The number of anilines is 1. The molecule has 0 bridgehead atoms. The van der Waals surface area contributed by atoms with Gasteiger partial charge in [0.15, 0.2) is 0 Å². The molecule has 0 unspecified atom stereocenters. The number of pyridine rings is 1. The van der Waals surface area contributed by atoms with E-state index >= 15 is 0 Å². The summed E-state index contributed by atoms with van der Waals surface area (Å²) in [7, 11) is 1.64. The number of hydrogen-bond acceptors (Lipinski definition) is 4. The number of allylic oxidation sites excluding steroid dienone is 1. The molecule has 0 spiro atoms. The second kappa shape index (κ2) is 7.91. The van der Waals surface area contributed by atoms with Crippen molar-refractivity contribution < 1.29 is 13.9 Å². The molecule has 2 aromatic carbocycles. The van der Waals surface area contributed by atoms with Gasteiger partial charge in [-0.1, -0.05) is 6.07 Å². The van der Waals surface area contributed by atoms with Crippen molar-refractivity contribution in [2.75, 3.05) is 12.4 Å². The van der Waals surface area contributed by atoms with Gasteiger partial charge in [-0.2, -0.15) is 0 Å². The Bertz CT molecular complexity index is 1360. The van der Waals surface area contributed by atoms with E-state index in [2.05, 4.69) is 10.3 Å². The minimum atomic E-state index is -0.203. The SMILES string of the molecule is COc1c(/C(C)=C/C(=O)Nc2cccc3nc(C)ccc23)cc2c(C)c(C)oc2c1C. The van der Waals surface area contributed by atoms with Crippen LogP contribution < -0.4 is 10.1 Å². The molecular formula is C26H26N2O3. The first-order chi connectivity index (χ1) is 14.8. The van der Waals surface area contributed by atoms with Gasteiger partial charge in [0.25, 0.3) is 0 Å². The fourth-order valence-electron chi connectivity index (χ4n) is 3.98. The maximum absolute atomic E-state index is 12.9. The van der Waals surface area contributed by atoms with E-state index in [1.165, 1.54) is 0 Å². The number of benzene rings is 2. The Morgan fingerprint density at radius 1 is 1.06 bits per heavy atom. The van der Waals surface area contributed by atoms with Gasteiger partial charge in [-0.3, -0.25) is 9.78 Å². The Morgan fingerprint density at radius 3 is 2.58 bits per heavy atom. The predicted octanol–water partition coefficient (Wildman–Crippen LogP) is 6.27. The van der Waals surface area contributed by atoms with E-state index in [-0.39, 0.29) is 5.91 Å². The molecule has 5 heteroatoms. The average molecular weight is 415 g/mol. The molecule has 2 heterocycles. The number of aryl methyl sites for hydroxylation is 4. The van der Waals surface area contributed by atoms with Gasteiger partial charge in [0.1, 0.15) is 17.1 Å². The third-order valence-corrected chi connectivity index (χ3v) is 5.75. The van der Waals surface area contributed by atoms with Gasteiger partial charge in [-0.25, -0.2) is 0 Å². The van der Waals surface area contributed by atoms with E-state index in [1.807, 2.05) is 71.0 Å². The van der Waals surface area contributed by atoms with Crippen LogP contribution in [-0.4, -0.2) is 18.0 Å². The van der Waals surface area contributed by atoms with Crippen molar-refractivity contribution >= 4 is 39.0 Å². The number of fused-ring (bicyclic) bond motifs is 2. The molecule has 0 aliphatic heterocycles. The standard InChI is InChI=1S/C26H26N2O3/c1-14(20-13-21-16(3)18(5)31-26(21)17(4)25(20)30-6)12-24(29)28-23-9-7-8-22-19(23)11-10-15(2)27-22/h7-13H,1-6H3,(H,28,29)/b14-12+. The third kappa shape index (κ3) is 3.67. The van der Waals surface area contributed by atoms with E-state index in [9.17, 15) is 4.79 Å². The lowest BCUT2D eigenvalue weighted by atomic mass is 9.98. The van der Waals surface area contributed by atoms with Crippen LogP contribution in [0.4, 0.5) is 5.69 Å². The number of methoxy groups -OCH3 is 1. The van der Waals surface area contributed by atoms with Gasteiger partial charge < -0.3 is 14.5 Å². The number of ether oxygens (including phenoxy) is 1. The number of furan rings is 1. The summed E-state index contributed by atoms with van der Waals surface area (Å²) >= 11 is 0. The van der Waals surface area contributed by atoms with Crippen LogP contribution in [0.3, 0.4) is 0 Å². The Hall–Kier alpha value is -3.60. The smallest absolute Gasteiger partial charge is 0.248 e. The quantitative estimate of drug-likeness (QED) is 0.400. The highest BCUT2D eigenvalue weighted by atomic mass is 16.5. The normalized spacial score (nSPS) is 11.9. The van der Waals surface area contributed by atoms with E-state index in [0.29, 0.717) is 5.75 Å². The first kappa shape index (κ1) is 20.7. The summed E-state index contributed by atoms with van der Waals surface area (Å²) < 4.78 is 11.6. The number of rotatable bonds is 4. The van der Waals surface area contributed by atoms with Gasteiger partial charge in [0.05, 0.1) is 18.3 Å². The molecule has 4 aromatic rings. The van der Waals surface area contributed by atoms with Crippen LogP contribution in [0.1, 0.15) is 35.1 Å². The zero-order valence-electron chi connectivity index (χ0n) is 18.7. The first-order valence-corrected chi connectivity index (χ1v) is 10.2. The molecule has 0 radical (unpaired) electrons. The molecule has 4 rings (SSSR count). The summed E-state index contributed by atoms with van der Waals surface area (Å²) in [6, 6.07) is 11.7. The lowest BCUT2D eigenvalue weighted by Crippen LogP contribution is -2.09. The second-order valence-electron chi connectivity index (χ2n) is 7.88. The Balaban J connectivity index is 1.72. The Kier molecular flexibility index (Phi) is 5.27. The van der Waals surface area contributed by atoms with Crippen LogP contribution in [0.2, 0.25) is 0 Å². The predicted molar refractivity (Wildman–Crippen MR) is 126 cm³/mol. The van der Waals surface area contributed by atoms with Crippen LogP contribution in [-0.2, 0) is 4.79 Å². The van der Waals surface area contributed by atoms with Crippen molar-refractivity contribution in [1.29, 1.82) is 0 Å². The van der Waals surface area contributed by atoms with Crippen LogP contribution in [0, 0.1) is 27.7 Å². The molecule has 0 saturated heterocycles. The zero-order chi connectivity index (χ0) is 22.3. The molecule has 5 nitrogen and oxygen atoms in total. The fraction of sp³-hybridized carbons (Fsp3) is 0.231. The van der Waals surface area contributed by atoms with Gasteiger partial charge in [-0.05, 0) is 76.1 Å². The van der Waals surface area contributed by atoms with Gasteiger partial charge in [0, 0.05) is 33.7 Å². The van der Waals surface area contributed by atoms with Crippen molar-refractivity contribution in [2.45, 2.75) is 34.6 Å². The van der Waals surface area contributed by atoms with Crippen LogP contribution in [0.25, 0.3) is 27.4 Å². The number of carbonyl (C=O) groups is 1. The van der Waals surface area contributed by atoms with E-state index in [0.717, 1.165) is 61.3 Å². The summed E-state index contributed by atoms with van der Waals surface area (Å²) in [6.07, 6.45) is 1.60. The lowest BCUT2D eigenvalue weighted by Gasteiger charge is -2.13. The number of hydrogen-bond donors (Lipinski definition) is 1. The summed E-state index contributed by atoms with van der Waals surface area (Å²) in [4.78, 5) is 17.4. The molecule has 31 heavy (non-hydrogen) atoms. The maximum Gasteiger partial charge on any atom is 0.248 e. The van der Waals surface area contributed by atoms with E-state index in [4.69, 9.17) is 9.15 Å². The number of nitrogens with zero attached hydrogens (tertiary/aromatic N) is 1. The molecule has 0 atom stereocenters. The van der Waals surface area contributed by atoms with Gasteiger partial charge >= 0.3 is 0 Å². The van der Waals surface area contributed by atoms with Crippen molar-refractivity contribution in [3.63, 3.8) is 0 Å². The Labute approximate surface area is 181 Å². The molecule has 1 amide bonds. The number of carbonyl (C=O) groups excluding carboxylic acids is 1. The summed E-state index contributed by atoms with van der Waals surface area (Å²) in [6.45, 7) is 9.84. The zero-order valence-corrected chi connectivity index (χ0v) is 18.7. The van der Waals surface area contributed by atoms with Crippen LogP contribution in [0.15, 0.2) is 46.9 Å². The highest BCUT2D eigenvalue weighted by molar-refractivity contribution is 6.08. The van der Waals surface area contributed by atoms with Crippen LogP contribution in [0.5, 0.6) is 5.75 Å². The third-order valence-electron chi connectivity index (χ3n) is 5.75. The fourth-order valence-corrected chi connectivity index (χ4v) is 3.98. The van der Waals surface area contributed by atoms with Crippen molar-refractivity contribution in [2.24, 2.45) is 0 Å². The summed E-state index contributed by atoms with van der Waals surface area (Å²) in [5.74, 6) is 1.40. The first-order valence-electron chi connectivity index (χ1n) is 10.2. The molecule has 0 saturated carbocycles. The van der Waals surface area contributed by atoms with Crippen molar-refractivity contribution in [1.82, 2.24) is 4.98 Å². The molecule has 158 valence electrons. The largest absolute Gasteiger partial charge is 0.496 e. The lowest BCUT2D eigenvalue weighted by molar-refractivity contribution is -0.111. The second-order valence-corrected chi connectivity index (χ2v) is 7.88. The van der Waals surface area contributed by atoms with E-state index in [1.54, 1.807) is 13.2 Å². The molecule has 0 fully saturated rings. The molecule has 0 aliphatic carbocycles. The molecule has 0 aliphatic rings. The summed E-state index contributed by atoms with van der Waals surface area (Å²) in [5.41, 5.74) is 7.06. The van der Waals surface area contributed by atoms with Crippen molar-refractivity contribution in [3.05, 3.63) is 70.6 Å². The number of nitrogens with one attached hydrogen (secondary N) is 1. The topological polar surface area (TPSA) is 64.4 Å². The Morgan fingerprint density at radius 2 is 1.84 bits per heavy atom. The van der Waals surface area contributed by atoms with Gasteiger partial charge in [-0.15, -0.1) is 0 Å². The monoisotopic (exact) mass is 414 g/mol. The van der Waals surface area contributed by atoms with Crippen LogP contribution >= 0.6 is 0 Å². The number of aromatic nitrogens is 1.